The van der Waals surface area contributed by atoms with Crippen molar-refractivity contribution in [3.63, 3.8) is 0 Å². The third-order valence-corrected chi connectivity index (χ3v) is 5.29. The van der Waals surface area contributed by atoms with Gasteiger partial charge in [-0.25, -0.2) is 4.39 Å². The summed E-state index contributed by atoms with van der Waals surface area (Å²) in [6.45, 7) is 2.24. The van der Waals surface area contributed by atoms with E-state index in [1.807, 2.05) is 0 Å². The van der Waals surface area contributed by atoms with Gasteiger partial charge in [-0.15, -0.1) is 0 Å². The second-order valence-electron chi connectivity index (χ2n) is 7.10. The number of rotatable bonds is 8. The minimum absolute atomic E-state index is 0.162. The van der Waals surface area contributed by atoms with Crippen LogP contribution in [0.15, 0.2) is 66.7 Å². The smallest absolute Gasteiger partial charge is 0.141 e. The fourth-order valence-corrected chi connectivity index (χ4v) is 3.46. The predicted octanol–water partition coefficient (Wildman–Crippen LogP) is 7.66. The Balaban J connectivity index is 1.56. The lowest BCUT2D eigenvalue weighted by Crippen LogP contribution is -1.93. The van der Waals surface area contributed by atoms with Crippen LogP contribution in [-0.2, 0) is 19.3 Å². The lowest BCUT2D eigenvalue weighted by molar-refractivity contribution is 0.628. The summed E-state index contributed by atoms with van der Waals surface area (Å²) in [6.07, 6.45) is 7.09. The lowest BCUT2D eigenvalue weighted by atomic mass is 9.99. The molecule has 0 fully saturated rings. The van der Waals surface area contributed by atoms with Crippen molar-refractivity contribution < 1.29 is 4.39 Å². The van der Waals surface area contributed by atoms with Gasteiger partial charge in [-0.3, -0.25) is 0 Å². The van der Waals surface area contributed by atoms with Crippen LogP contribution in [0.3, 0.4) is 0 Å². The highest BCUT2D eigenvalue weighted by atomic mass is 35.5. The van der Waals surface area contributed by atoms with E-state index in [4.69, 9.17) is 11.6 Å². The molecule has 3 aromatic carbocycles. The van der Waals surface area contributed by atoms with Crippen LogP contribution in [0.2, 0.25) is 5.02 Å². The van der Waals surface area contributed by atoms with Crippen molar-refractivity contribution >= 4 is 11.6 Å². The molecule has 27 heavy (non-hydrogen) atoms. The van der Waals surface area contributed by atoms with Crippen molar-refractivity contribution in [3.05, 3.63) is 94.3 Å². The topological polar surface area (TPSA) is 0 Å². The monoisotopic (exact) mass is 380 g/mol. The first-order valence-electron chi connectivity index (χ1n) is 9.78. The Hall–Kier alpha value is -2.12. The quantitative estimate of drug-likeness (QED) is 0.352. The van der Waals surface area contributed by atoms with Crippen molar-refractivity contribution in [3.8, 4) is 11.1 Å². The van der Waals surface area contributed by atoms with Gasteiger partial charge in [-0.05, 0) is 65.6 Å². The minimum atomic E-state index is -0.381. The van der Waals surface area contributed by atoms with E-state index in [9.17, 15) is 4.39 Å². The SMILES string of the molecule is CCCCCc1ccc(CCc2ccc(-c3ccc(F)c(Cl)c3)cc2)cc1. The molecule has 0 unspecified atom stereocenters. The standard InChI is InChI=1S/C25H26ClF/c1-2-3-4-5-19-6-8-20(9-7-19)10-11-21-12-14-22(15-13-21)23-16-17-25(27)24(26)18-23/h6-9,12-18H,2-5,10-11H2,1H3. The fourth-order valence-electron chi connectivity index (χ4n) is 3.28. The number of unbranched alkanes of at least 4 members (excludes halogenated alkanes) is 2. The molecule has 0 radical (unpaired) electrons. The average molecular weight is 381 g/mol. The first-order chi connectivity index (χ1) is 13.2. The second-order valence-corrected chi connectivity index (χ2v) is 7.51. The van der Waals surface area contributed by atoms with Crippen molar-refractivity contribution in [1.82, 2.24) is 0 Å². The zero-order valence-electron chi connectivity index (χ0n) is 15.8. The maximum Gasteiger partial charge on any atom is 0.141 e. The first-order valence-corrected chi connectivity index (χ1v) is 10.2. The van der Waals surface area contributed by atoms with Crippen molar-refractivity contribution in [2.24, 2.45) is 0 Å². The largest absolute Gasteiger partial charge is 0.205 e. The van der Waals surface area contributed by atoms with E-state index in [-0.39, 0.29) is 10.8 Å². The Morgan fingerprint density at radius 1 is 0.667 bits per heavy atom. The molecular formula is C25H26ClF. The van der Waals surface area contributed by atoms with Gasteiger partial charge in [0.15, 0.2) is 0 Å². The third-order valence-electron chi connectivity index (χ3n) is 5.00. The van der Waals surface area contributed by atoms with Crippen LogP contribution in [0.25, 0.3) is 11.1 Å². The van der Waals surface area contributed by atoms with E-state index in [1.165, 1.54) is 48.4 Å². The van der Waals surface area contributed by atoms with Crippen LogP contribution in [0.4, 0.5) is 4.39 Å². The van der Waals surface area contributed by atoms with Crippen LogP contribution >= 0.6 is 11.6 Å². The highest BCUT2D eigenvalue weighted by Gasteiger charge is 2.04. The molecule has 0 aliphatic rings. The molecule has 0 atom stereocenters. The first kappa shape index (κ1) is 19.6. The van der Waals surface area contributed by atoms with Crippen LogP contribution in [-0.4, -0.2) is 0 Å². The number of halogens is 2. The average Bonchev–Trinajstić information content (AvgIpc) is 2.70. The van der Waals surface area contributed by atoms with Gasteiger partial charge in [0.2, 0.25) is 0 Å². The van der Waals surface area contributed by atoms with Gasteiger partial charge in [0.1, 0.15) is 5.82 Å². The summed E-state index contributed by atoms with van der Waals surface area (Å²) in [5, 5.41) is 0.162. The number of benzene rings is 3. The van der Waals surface area contributed by atoms with Gasteiger partial charge in [0.05, 0.1) is 5.02 Å². The van der Waals surface area contributed by atoms with Gasteiger partial charge < -0.3 is 0 Å². The zero-order valence-corrected chi connectivity index (χ0v) is 16.6. The summed E-state index contributed by atoms with van der Waals surface area (Å²) < 4.78 is 13.3. The van der Waals surface area contributed by atoms with Crippen LogP contribution < -0.4 is 0 Å². The van der Waals surface area contributed by atoms with Crippen molar-refractivity contribution in [1.29, 1.82) is 0 Å². The zero-order chi connectivity index (χ0) is 19.1. The van der Waals surface area contributed by atoms with E-state index >= 15 is 0 Å². The molecule has 0 aromatic heterocycles. The Labute approximate surface area is 167 Å². The van der Waals surface area contributed by atoms with E-state index in [1.54, 1.807) is 12.1 Å². The molecule has 0 saturated heterocycles. The maximum absolute atomic E-state index is 13.3. The molecule has 0 bridgehead atoms. The summed E-state index contributed by atoms with van der Waals surface area (Å²) in [7, 11) is 0. The predicted molar refractivity (Wildman–Crippen MR) is 114 cm³/mol. The Bertz CT molecular complexity index is 850. The normalized spacial score (nSPS) is 10.9. The molecule has 3 rings (SSSR count). The molecular weight excluding hydrogens is 355 g/mol. The molecule has 0 nitrogen and oxygen atoms in total. The number of hydrogen-bond acceptors (Lipinski definition) is 0. The molecule has 140 valence electrons. The Morgan fingerprint density at radius 3 is 1.74 bits per heavy atom. The van der Waals surface area contributed by atoms with Crippen LogP contribution in [0.5, 0.6) is 0 Å². The van der Waals surface area contributed by atoms with Gasteiger partial charge in [-0.1, -0.05) is 86.0 Å². The van der Waals surface area contributed by atoms with E-state index < -0.39 is 0 Å². The van der Waals surface area contributed by atoms with E-state index in [0.717, 1.165) is 24.0 Å². The molecule has 0 N–H and O–H groups in total. The second kappa shape index (κ2) is 9.71. The Morgan fingerprint density at radius 2 is 1.19 bits per heavy atom. The molecule has 0 heterocycles. The molecule has 0 amide bonds. The van der Waals surface area contributed by atoms with Gasteiger partial charge in [-0.2, -0.15) is 0 Å². The van der Waals surface area contributed by atoms with Gasteiger partial charge in [0.25, 0.3) is 0 Å². The van der Waals surface area contributed by atoms with Crippen molar-refractivity contribution in [2.75, 3.05) is 0 Å². The highest BCUT2D eigenvalue weighted by molar-refractivity contribution is 6.31. The number of hydrogen-bond donors (Lipinski definition) is 0. The molecule has 0 spiro atoms. The summed E-state index contributed by atoms with van der Waals surface area (Å²) in [6, 6.07) is 22.4. The number of aryl methyl sites for hydroxylation is 3. The highest BCUT2D eigenvalue weighted by Crippen LogP contribution is 2.25. The molecule has 0 saturated carbocycles. The summed E-state index contributed by atoms with van der Waals surface area (Å²) in [4.78, 5) is 0. The molecule has 3 aromatic rings. The maximum atomic E-state index is 13.3. The van der Waals surface area contributed by atoms with Crippen molar-refractivity contribution in [2.45, 2.75) is 45.4 Å². The third kappa shape index (κ3) is 5.68. The molecule has 0 aliphatic carbocycles. The van der Waals surface area contributed by atoms with E-state index in [2.05, 4.69) is 55.5 Å². The van der Waals surface area contributed by atoms with Gasteiger partial charge in [0, 0.05) is 0 Å². The molecule has 0 aliphatic heterocycles. The van der Waals surface area contributed by atoms with Crippen LogP contribution in [0.1, 0.15) is 42.9 Å². The minimum Gasteiger partial charge on any atom is -0.205 e. The molecule has 2 heteroatoms. The lowest BCUT2D eigenvalue weighted by Gasteiger charge is -2.07. The van der Waals surface area contributed by atoms with Crippen LogP contribution in [0, 0.1) is 5.82 Å². The summed E-state index contributed by atoms with van der Waals surface area (Å²) in [5.41, 5.74) is 6.11. The summed E-state index contributed by atoms with van der Waals surface area (Å²) in [5.74, 6) is -0.381. The van der Waals surface area contributed by atoms with E-state index in [0.29, 0.717) is 0 Å². The van der Waals surface area contributed by atoms with Gasteiger partial charge >= 0.3 is 0 Å². The summed E-state index contributed by atoms with van der Waals surface area (Å²) >= 11 is 5.88. The fraction of sp³-hybridized carbons (Fsp3) is 0.280. The Kier molecular flexibility index (Phi) is 7.06.